The van der Waals surface area contributed by atoms with Crippen LogP contribution in [-0.2, 0) is 0 Å². The summed E-state index contributed by atoms with van der Waals surface area (Å²) in [6, 6.07) is 9.69. The lowest BCUT2D eigenvalue weighted by atomic mass is 9.90. The van der Waals surface area contributed by atoms with Crippen LogP contribution in [0.4, 0.5) is 19.3 Å². The SMILES string of the molecule is C[C@]12C[C@@H](NC(=O)N1c1cc(F)ccc1F)c1ccccc1O2. The number of carbonyl (C=O) groups excluding carboxylic acids is 1. The summed E-state index contributed by atoms with van der Waals surface area (Å²) in [6.45, 7) is 1.71. The van der Waals surface area contributed by atoms with Gasteiger partial charge in [-0.05, 0) is 25.1 Å². The lowest BCUT2D eigenvalue weighted by Crippen LogP contribution is -2.65. The Morgan fingerprint density at radius 1 is 1.26 bits per heavy atom. The molecule has 2 aromatic rings. The first-order valence-corrected chi connectivity index (χ1v) is 7.32. The molecule has 0 radical (unpaired) electrons. The second-order valence-electron chi connectivity index (χ2n) is 5.95. The first-order valence-electron chi connectivity index (χ1n) is 7.32. The molecule has 0 unspecified atom stereocenters. The van der Waals surface area contributed by atoms with Gasteiger partial charge in [0.15, 0.2) is 5.72 Å². The van der Waals surface area contributed by atoms with Gasteiger partial charge in [0, 0.05) is 18.1 Å². The molecule has 1 N–H and O–H groups in total. The predicted octanol–water partition coefficient (Wildman–Crippen LogP) is 3.73. The number of anilines is 1. The van der Waals surface area contributed by atoms with Gasteiger partial charge in [-0.25, -0.2) is 13.6 Å². The van der Waals surface area contributed by atoms with Crippen LogP contribution in [0.3, 0.4) is 0 Å². The molecule has 0 saturated carbocycles. The standard InChI is InChI=1S/C17H14F2N2O2/c1-17-9-13(11-4-2-3-5-15(11)23-17)20-16(22)21(17)14-8-10(18)6-7-12(14)19/h2-8,13H,9H2,1H3,(H,20,22)/t13-,17+/m1/s1. The number of hydrogen-bond acceptors (Lipinski definition) is 2. The molecular formula is C17H14F2N2O2. The Balaban J connectivity index is 1.84. The van der Waals surface area contributed by atoms with Crippen molar-refractivity contribution in [2.45, 2.75) is 25.1 Å². The van der Waals surface area contributed by atoms with Gasteiger partial charge in [0.2, 0.25) is 0 Å². The van der Waals surface area contributed by atoms with E-state index in [-0.39, 0.29) is 11.7 Å². The Bertz CT molecular complexity index is 811. The van der Waals surface area contributed by atoms with Gasteiger partial charge in [-0.15, -0.1) is 0 Å². The number of urea groups is 1. The molecule has 4 rings (SSSR count). The number of rotatable bonds is 1. The van der Waals surface area contributed by atoms with Gasteiger partial charge >= 0.3 is 6.03 Å². The number of nitrogens with one attached hydrogen (secondary N) is 1. The summed E-state index contributed by atoms with van der Waals surface area (Å²) in [6.07, 6.45) is 0.436. The minimum atomic E-state index is -1.09. The smallest absolute Gasteiger partial charge is 0.325 e. The molecule has 2 aliphatic rings. The van der Waals surface area contributed by atoms with Crippen molar-refractivity contribution in [1.82, 2.24) is 5.32 Å². The number of fused-ring (bicyclic) bond motifs is 4. The Hall–Kier alpha value is -2.63. The second-order valence-corrected chi connectivity index (χ2v) is 5.95. The van der Waals surface area contributed by atoms with Crippen LogP contribution in [0, 0.1) is 11.6 Å². The molecule has 0 aliphatic carbocycles. The number of para-hydroxylation sites is 1. The van der Waals surface area contributed by atoms with Crippen molar-refractivity contribution < 1.29 is 18.3 Å². The third kappa shape index (κ3) is 2.05. The van der Waals surface area contributed by atoms with Gasteiger partial charge in [-0.3, -0.25) is 4.90 Å². The van der Waals surface area contributed by atoms with Gasteiger partial charge < -0.3 is 10.1 Å². The predicted molar refractivity (Wildman–Crippen MR) is 80.2 cm³/mol. The molecule has 1 saturated heterocycles. The van der Waals surface area contributed by atoms with E-state index in [0.717, 1.165) is 28.7 Å². The molecule has 2 bridgehead atoms. The van der Waals surface area contributed by atoms with E-state index in [4.69, 9.17) is 4.74 Å². The molecule has 2 amide bonds. The quantitative estimate of drug-likeness (QED) is 0.871. The average Bonchev–Trinajstić information content (AvgIpc) is 2.50. The van der Waals surface area contributed by atoms with Gasteiger partial charge in [-0.2, -0.15) is 0 Å². The first-order chi connectivity index (χ1) is 11.0. The van der Waals surface area contributed by atoms with Gasteiger partial charge in [0.25, 0.3) is 0 Å². The van der Waals surface area contributed by atoms with Crippen LogP contribution in [0.2, 0.25) is 0 Å². The van der Waals surface area contributed by atoms with Crippen molar-refractivity contribution in [3.05, 3.63) is 59.7 Å². The number of carbonyl (C=O) groups is 1. The highest BCUT2D eigenvalue weighted by Crippen LogP contribution is 2.45. The maximum atomic E-state index is 14.2. The van der Waals surface area contributed by atoms with E-state index < -0.39 is 23.4 Å². The topological polar surface area (TPSA) is 41.6 Å². The van der Waals surface area contributed by atoms with E-state index in [9.17, 15) is 13.6 Å². The summed E-state index contributed by atoms with van der Waals surface area (Å²) in [4.78, 5) is 13.7. The van der Waals surface area contributed by atoms with Crippen LogP contribution in [-0.4, -0.2) is 11.8 Å². The Labute approximate surface area is 131 Å². The molecule has 118 valence electrons. The van der Waals surface area contributed by atoms with Crippen molar-refractivity contribution in [2.24, 2.45) is 0 Å². The summed E-state index contributed by atoms with van der Waals surface area (Å²) >= 11 is 0. The van der Waals surface area contributed by atoms with Crippen molar-refractivity contribution in [3.63, 3.8) is 0 Å². The third-order valence-electron chi connectivity index (χ3n) is 4.33. The van der Waals surface area contributed by atoms with Crippen molar-refractivity contribution >= 4 is 11.7 Å². The molecule has 23 heavy (non-hydrogen) atoms. The van der Waals surface area contributed by atoms with Gasteiger partial charge in [0.1, 0.15) is 17.4 Å². The van der Waals surface area contributed by atoms with E-state index in [2.05, 4.69) is 5.32 Å². The van der Waals surface area contributed by atoms with E-state index in [0.29, 0.717) is 12.2 Å². The molecule has 6 heteroatoms. The van der Waals surface area contributed by atoms with Crippen LogP contribution in [0.1, 0.15) is 24.9 Å². The molecule has 1 fully saturated rings. The Morgan fingerprint density at radius 3 is 2.87 bits per heavy atom. The number of ether oxygens (including phenoxy) is 1. The summed E-state index contributed by atoms with van der Waals surface area (Å²) in [5.74, 6) is -0.659. The highest BCUT2D eigenvalue weighted by molar-refractivity contribution is 5.95. The normalized spacial score (nSPS) is 25.4. The molecule has 4 nitrogen and oxygen atoms in total. The lowest BCUT2D eigenvalue weighted by molar-refractivity contribution is 0.0373. The molecule has 0 aromatic heterocycles. The summed E-state index contributed by atoms with van der Waals surface area (Å²) in [5, 5.41) is 2.84. The maximum Gasteiger partial charge on any atom is 0.325 e. The minimum Gasteiger partial charge on any atom is -0.467 e. The second kappa shape index (κ2) is 4.68. The molecular weight excluding hydrogens is 302 g/mol. The number of nitrogens with zero attached hydrogens (tertiary/aromatic N) is 1. The molecule has 2 atom stereocenters. The summed E-state index contributed by atoms with van der Waals surface area (Å²) in [7, 11) is 0. The number of amides is 2. The van der Waals surface area contributed by atoms with E-state index in [1.54, 1.807) is 13.0 Å². The Morgan fingerprint density at radius 2 is 2.04 bits per heavy atom. The fourth-order valence-corrected chi connectivity index (χ4v) is 3.34. The van der Waals surface area contributed by atoms with Crippen LogP contribution in [0.15, 0.2) is 42.5 Å². The van der Waals surface area contributed by atoms with E-state index in [1.165, 1.54) is 0 Å². The molecule has 2 heterocycles. The van der Waals surface area contributed by atoms with Gasteiger partial charge in [-0.1, -0.05) is 18.2 Å². The zero-order valence-electron chi connectivity index (χ0n) is 12.3. The monoisotopic (exact) mass is 316 g/mol. The fraction of sp³-hybridized carbons (Fsp3) is 0.235. The molecule has 0 spiro atoms. The maximum absolute atomic E-state index is 14.2. The zero-order valence-corrected chi connectivity index (χ0v) is 12.3. The Kier molecular flexibility index (Phi) is 2.85. The van der Waals surface area contributed by atoms with Crippen LogP contribution in [0.5, 0.6) is 5.75 Å². The molecule has 2 aliphatic heterocycles. The first kappa shape index (κ1) is 14.0. The highest BCUT2D eigenvalue weighted by Gasteiger charge is 2.50. The van der Waals surface area contributed by atoms with Crippen molar-refractivity contribution in [2.75, 3.05) is 4.90 Å². The van der Waals surface area contributed by atoms with E-state index >= 15 is 0 Å². The van der Waals surface area contributed by atoms with E-state index in [1.807, 2.05) is 18.2 Å². The minimum absolute atomic E-state index is 0.136. The largest absolute Gasteiger partial charge is 0.467 e. The van der Waals surface area contributed by atoms with Crippen molar-refractivity contribution in [3.8, 4) is 5.75 Å². The average molecular weight is 316 g/mol. The highest BCUT2D eigenvalue weighted by atomic mass is 19.1. The zero-order chi connectivity index (χ0) is 16.2. The number of halogens is 2. The van der Waals surface area contributed by atoms with Crippen LogP contribution in [0.25, 0.3) is 0 Å². The van der Waals surface area contributed by atoms with Crippen molar-refractivity contribution in [1.29, 1.82) is 0 Å². The van der Waals surface area contributed by atoms with Crippen LogP contribution >= 0.6 is 0 Å². The number of benzene rings is 2. The van der Waals surface area contributed by atoms with Gasteiger partial charge in [0.05, 0.1) is 11.7 Å². The third-order valence-corrected chi connectivity index (χ3v) is 4.33. The summed E-state index contributed by atoms with van der Waals surface area (Å²) in [5.41, 5.74) is -0.337. The summed E-state index contributed by atoms with van der Waals surface area (Å²) < 4.78 is 33.7. The number of hydrogen-bond donors (Lipinski definition) is 1. The van der Waals surface area contributed by atoms with Crippen LogP contribution < -0.4 is 15.0 Å². The fourth-order valence-electron chi connectivity index (χ4n) is 3.34. The lowest BCUT2D eigenvalue weighted by Gasteiger charge is -2.50. The molecule has 2 aromatic carbocycles.